The third-order valence-electron chi connectivity index (χ3n) is 6.97. The van der Waals surface area contributed by atoms with Gasteiger partial charge in [0, 0.05) is 34.0 Å². The molecule has 0 bridgehead atoms. The molecule has 0 radical (unpaired) electrons. The molecule has 1 aromatic heterocycles. The lowest BCUT2D eigenvalue weighted by Gasteiger charge is -2.36. The Morgan fingerprint density at radius 3 is 2.74 bits per heavy atom. The minimum atomic E-state index is -1.17. The second-order valence-electron chi connectivity index (χ2n) is 8.91. The molecule has 0 aliphatic carbocycles. The predicted octanol–water partition coefficient (Wildman–Crippen LogP) is 4.26. The van der Waals surface area contributed by atoms with Gasteiger partial charge in [-0.05, 0) is 56.0 Å². The van der Waals surface area contributed by atoms with E-state index in [4.69, 9.17) is 23.2 Å². The molecule has 2 aliphatic rings. The molecule has 3 aromatic rings. The summed E-state index contributed by atoms with van der Waals surface area (Å²) in [6, 6.07) is 11.7. The van der Waals surface area contributed by atoms with Crippen molar-refractivity contribution in [2.75, 3.05) is 13.1 Å². The molecular weight excluding hydrogens is 475 g/mol. The quantitative estimate of drug-likeness (QED) is 0.515. The Labute approximate surface area is 207 Å². The maximum Gasteiger partial charge on any atom is 0.328 e. The van der Waals surface area contributed by atoms with E-state index in [0.29, 0.717) is 36.0 Å². The van der Waals surface area contributed by atoms with E-state index in [1.165, 1.54) is 0 Å². The molecule has 176 valence electrons. The Morgan fingerprint density at radius 1 is 1.21 bits per heavy atom. The van der Waals surface area contributed by atoms with Crippen LogP contribution in [-0.2, 0) is 28.0 Å². The van der Waals surface area contributed by atoms with Gasteiger partial charge in [0.15, 0.2) is 5.54 Å². The summed E-state index contributed by atoms with van der Waals surface area (Å²) in [6.45, 7) is 4.06. The van der Waals surface area contributed by atoms with Crippen LogP contribution in [0.3, 0.4) is 0 Å². The summed E-state index contributed by atoms with van der Waals surface area (Å²) in [6.07, 6.45) is 1.14. The Bertz CT molecular complexity index is 1340. The third-order valence-corrected chi connectivity index (χ3v) is 7.56. The number of halogens is 2. The molecule has 0 saturated carbocycles. The standard InChI is InChI=1S/C25H24Cl2N4O3/c1-14(22(32)28-11-9-15-7-8-16(26)13-19(15)27)31-23(33)25(2)21-18(10-12-30(25)24(31)34)17-5-3-4-6-20(17)29-21/h3-8,13-14,29H,9-12H2,1-2H3,(H,28,32). The molecule has 34 heavy (non-hydrogen) atoms. The minimum Gasteiger partial charge on any atom is -0.356 e. The summed E-state index contributed by atoms with van der Waals surface area (Å²) in [5.41, 5.74) is 2.39. The molecule has 2 aromatic carbocycles. The number of rotatable bonds is 5. The third kappa shape index (κ3) is 3.37. The Hall–Kier alpha value is -3.03. The molecule has 1 saturated heterocycles. The molecule has 3 heterocycles. The first-order valence-corrected chi connectivity index (χ1v) is 12.0. The van der Waals surface area contributed by atoms with E-state index in [1.807, 2.05) is 30.3 Å². The molecule has 2 unspecified atom stereocenters. The average Bonchev–Trinajstić information content (AvgIpc) is 3.28. The molecule has 9 heteroatoms. The highest BCUT2D eigenvalue weighted by Crippen LogP contribution is 2.44. The first-order chi connectivity index (χ1) is 16.2. The molecule has 5 rings (SSSR count). The number of hydrogen-bond donors (Lipinski definition) is 2. The van der Waals surface area contributed by atoms with E-state index in [9.17, 15) is 14.4 Å². The van der Waals surface area contributed by atoms with Crippen LogP contribution in [0, 0.1) is 0 Å². The summed E-state index contributed by atoms with van der Waals surface area (Å²) in [7, 11) is 0. The van der Waals surface area contributed by atoms with Crippen molar-refractivity contribution in [1.29, 1.82) is 0 Å². The summed E-state index contributed by atoms with van der Waals surface area (Å²) in [4.78, 5) is 45.9. The van der Waals surface area contributed by atoms with Crippen molar-refractivity contribution >= 4 is 52.0 Å². The molecule has 1 fully saturated rings. The number of urea groups is 1. The molecule has 2 aliphatic heterocycles. The fourth-order valence-corrected chi connectivity index (χ4v) is 5.57. The number of fused-ring (bicyclic) bond motifs is 5. The summed E-state index contributed by atoms with van der Waals surface area (Å²) >= 11 is 12.1. The van der Waals surface area contributed by atoms with Crippen LogP contribution in [0.25, 0.3) is 10.9 Å². The van der Waals surface area contributed by atoms with Crippen LogP contribution in [-0.4, -0.2) is 51.8 Å². The van der Waals surface area contributed by atoms with Gasteiger partial charge in [-0.3, -0.25) is 9.59 Å². The highest BCUT2D eigenvalue weighted by atomic mass is 35.5. The first kappa shape index (κ1) is 22.7. The molecule has 7 nitrogen and oxygen atoms in total. The highest BCUT2D eigenvalue weighted by Gasteiger charge is 2.60. The van der Waals surface area contributed by atoms with E-state index in [2.05, 4.69) is 10.3 Å². The molecule has 0 spiro atoms. The lowest BCUT2D eigenvalue weighted by Crippen LogP contribution is -2.50. The zero-order valence-corrected chi connectivity index (χ0v) is 20.3. The number of para-hydroxylation sites is 1. The second-order valence-corrected chi connectivity index (χ2v) is 9.75. The number of aromatic nitrogens is 1. The number of benzene rings is 2. The molecular formula is C25H24Cl2N4O3. The predicted molar refractivity (Wildman–Crippen MR) is 131 cm³/mol. The van der Waals surface area contributed by atoms with Crippen LogP contribution in [0.2, 0.25) is 10.0 Å². The van der Waals surface area contributed by atoms with Gasteiger partial charge < -0.3 is 15.2 Å². The van der Waals surface area contributed by atoms with E-state index in [-0.39, 0.29) is 0 Å². The smallest absolute Gasteiger partial charge is 0.328 e. The maximum absolute atomic E-state index is 13.7. The Morgan fingerprint density at radius 2 is 1.97 bits per heavy atom. The highest BCUT2D eigenvalue weighted by molar-refractivity contribution is 6.35. The summed E-state index contributed by atoms with van der Waals surface area (Å²) in [5, 5.41) is 4.95. The zero-order valence-electron chi connectivity index (χ0n) is 18.8. The number of amides is 4. The van der Waals surface area contributed by atoms with Crippen LogP contribution in [0.1, 0.15) is 30.7 Å². The van der Waals surface area contributed by atoms with Crippen molar-refractivity contribution in [2.45, 2.75) is 38.3 Å². The minimum absolute atomic E-state index is 0.313. The Balaban J connectivity index is 1.35. The maximum atomic E-state index is 13.7. The van der Waals surface area contributed by atoms with Crippen molar-refractivity contribution in [3.05, 3.63) is 69.3 Å². The largest absolute Gasteiger partial charge is 0.356 e. The van der Waals surface area contributed by atoms with Gasteiger partial charge in [-0.15, -0.1) is 0 Å². The van der Waals surface area contributed by atoms with Crippen molar-refractivity contribution in [3.63, 3.8) is 0 Å². The normalized spacial score (nSPS) is 20.5. The van der Waals surface area contributed by atoms with Crippen LogP contribution < -0.4 is 5.32 Å². The van der Waals surface area contributed by atoms with Crippen LogP contribution in [0.5, 0.6) is 0 Å². The van der Waals surface area contributed by atoms with E-state index in [1.54, 1.807) is 30.9 Å². The molecule has 4 amide bonds. The molecule has 2 N–H and O–H groups in total. The van der Waals surface area contributed by atoms with Crippen molar-refractivity contribution in [2.24, 2.45) is 0 Å². The zero-order chi connectivity index (χ0) is 24.2. The van der Waals surface area contributed by atoms with Gasteiger partial charge in [0.1, 0.15) is 6.04 Å². The van der Waals surface area contributed by atoms with E-state index in [0.717, 1.165) is 32.6 Å². The van der Waals surface area contributed by atoms with Crippen LogP contribution in [0.15, 0.2) is 42.5 Å². The number of carbonyl (C=O) groups excluding carboxylic acids is 3. The van der Waals surface area contributed by atoms with Gasteiger partial charge >= 0.3 is 6.03 Å². The first-order valence-electron chi connectivity index (χ1n) is 11.2. The van der Waals surface area contributed by atoms with Crippen LogP contribution >= 0.6 is 23.2 Å². The van der Waals surface area contributed by atoms with Crippen molar-refractivity contribution < 1.29 is 14.4 Å². The fraction of sp³-hybridized carbons (Fsp3) is 0.320. The number of nitrogens with zero attached hydrogens (tertiary/aromatic N) is 2. The monoisotopic (exact) mass is 498 g/mol. The number of hydrogen-bond acceptors (Lipinski definition) is 3. The lowest BCUT2D eigenvalue weighted by molar-refractivity contribution is -0.139. The number of H-pyrrole nitrogens is 1. The van der Waals surface area contributed by atoms with Gasteiger partial charge in [-0.25, -0.2) is 9.69 Å². The summed E-state index contributed by atoms with van der Waals surface area (Å²) < 4.78 is 0. The summed E-state index contributed by atoms with van der Waals surface area (Å²) in [5.74, 6) is -0.791. The van der Waals surface area contributed by atoms with Crippen molar-refractivity contribution in [3.8, 4) is 0 Å². The van der Waals surface area contributed by atoms with E-state index < -0.39 is 29.4 Å². The Kier molecular flexibility index (Phi) is 5.57. The van der Waals surface area contributed by atoms with Gasteiger partial charge in [0.2, 0.25) is 5.91 Å². The van der Waals surface area contributed by atoms with Gasteiger partial charge in [-0.1, -0.05) is 47.5 Å². The fourth-order valence-electron chi connectivity index (χ4n) is 5.07. The van der Waals surface area contributed by atoms with Gasteiger partial charge in [0.05, 0.1) is 5.69 Å². The van der Waals surface area contributed by atoms with Crippen molar-refractivity contribution in [1.82, 2.24) is 20.1 Å². The topological polar surface area (TPSA) is 85.5 Å². The average molecular weight is 499 g/mol. The van der Waals surface area contributed by atoms with Gasteiger partial charge in [-0.2, -0.15) is 0 Å². The number of imide groups is 1. The lowest BCUT2D eigenvalue weighted by atomic mass is 9.87. The van der Waals surface area contributed by atoms with Gasteiger partial charge in [0.25, 0.3) is 5.91 Å². The van der Waals surface area contributed by atoms with Crippen LogP contribution in [0.4, 0.5) is 4.79 Å². The number of carbonyl (C=O) groups is 3. The molecule has 2 atom stereocenters. The number of aromatic amines is 1. The number of nitrogens with one attached hydrogen (secondary N) is 2. The SMILES string of the molecule is CC(C(=O)NCCc1ccc(Cl)cc1Cl)N1C(=O)N2CCc3c([nH]c4ccccc34)C2(C)C1=O. The second kappa shape index (κ2) is 8.32. The van der Waals surface area contributed by atoms with E-state index >= 15 is 0 Å².